The maximum absolute atomic E-state index is 11.8. The fourth-order valence-corrected chi connectivity index (χ4v) is 1.83. The molecule has 6 nitrogen and oxygen atoms in total. The van der Waals surface area contributed by atoms with Gasteiger partial charge in [-0.3, -0.25) is 5.41 Å². The molecule has 1 rings (SSSR count). The van der Waals surface area contributed by atoms with Gasteiger partial charge in [-0.15, -0.1) is 0 Å². The Morgan fingerprint density at radius 1 is 1.44 bits per heavy atom. The number of nitrogens with two attached hydrogens (primary N) is 1. The second kappa shape index (κ2) is 5.39. The quantitative estimate of drug-likeness (QED) is 0.546. The van der Waals surface area contributed by atoms with E-state index in [2.05, 4.69) is 5.32 Å². The molecule has 0 saturated heterocycles. The second-order valence-corrected chi connectivity index (χ2v) is 3.83. The van der Waals surface area contributed by atoms with Crippen LogP contribution in [0.5, 0.6) is 5.75 Å². The lowest BCUT2D eigenvalue weighted by molar-refractivity contribution is 0.251. The van der Waals surface area contributed by atoms with Crippen molar-refractivity contribution in [1.82, 2.24) is 5.32 Å². The van der Waals surface area contributed by atoms with Crippen LogP contribution >= 0.6 is 0 Å². The number of carbonyl (C=O) groups is 1. The van der Waals surface area contributed by atoms with Gasteiger partial charge in [0.15, 0.2) is 0 Å². The number of nitrogens with zero attached hydrogens (tertiary/aromatic N) is 1. The lowest BCUT2D eigenvalue weighted by Gasteiger charge is -2.24. The van der Waals surface area contributed by atoms with Crippen LogP contribution in [0.25, 0.3) is 0 Å². The van der Waals surface area contributed by atoms with Gasteiger partial charge in [0.1, 0.15) is 5.75 Å². The predicted molar refractivity (Wildman–Crippen MR) is 71.3 cm³/mol. The van der Waals surface area contributed by atoms with E-state index in [-0.39, 0.29) is 5.96 Å². The summed E-state index contributed by atoms with van der Waals surface area (Å²) in [5.74, 6) is 0.305. The number of guanidine groups is 1. The number of nitrogens with one attached hydrogen (secondary N) is 2. The second-order valence-electron chi connectivity index (χ2n) is 3.83. The SMILES string of the molecule is CNC(=O)N(C(=N)N)c1c(C)ccc(OC)c1C. The number of amides is 2. The maximum Gasteiger partial charge on any atom is 0.328 e. The minimum Gasteiger partial charge on any atom is -0.496 e. The molecule has 1 aromatic carbocycles. The van der Waals surface area contributed by atoms with Gasteiger partial charge in [0.2, 0.25) is 5.96 Å². The highest BCUT2D eigenvalue weighted by Crippen LogP contribution is 2.31. The monoisotopic (exact) mass is 250 g/mol. The molecule has 0 radical (unpaired) electrons. The van der Waals surface area contributed by atoms with Gasteiger partial charge in [-0.25, -0.2) is 9.69 Å². The van der Waals surface area contributed by atoms with E-state index in [9.17, 15) is 4.79 Å². The Bertz CT molecular complexity index is 485. The van der Waals surface area contributed by atoms with Crippen molar-refractivity contribution in [3.05, 3.63) is 23.3 Å². The fourth-order valence-electron chi connectivity index (χ4n) is 1.83. The smallest absolute Gasteiger partial charge is 0.328 e. The Hall–Kier alpha value is -2.24. The van der Waals surface area contributed by atoms with Gasteiger partial charge in [0.05, 0.1) is 12.8 Å². The average Bonchev–Trinajstić information content (AvgIpc) is 2.33. The molecule has 1 aromatic rings. The lowest BCUT2D eigenvalue weighted by atomic mass is 10.1. The largest absolute Gasteiger partial charge is 0.496 e. The first-order valence-electron chi connectivity index (χ1n) is 5.44. The van der Waals surface area contributed by atoms with Crippen LogP contribution in [-0.2, 0) is 0 Å². The number of benzene rings is 1. The number of aryl methyl sites for hydroxylation is 1. The molecule has 4 N–H and O–H groups in total. The van der Waals surface area contributed by atoms with Gasteiger partial charge >= 0.3 is 6.03 Å². The van der Waals surface area contributed by atoms with Crippen LogP contribution in [0.15, 0.2) is 12.1 Å². The van der Waals surface area contributed by atoms with E-state index in [4.69, 9.17) is 15.9 Å². The highest BCUT2D eigenvalue weighted by molar-refractivity contribution is 6.14. The van der Waals surface area contributed by atoms with E-state index in [1.807, 2.05) is 26.0 Å². The molecule has 0 unspecified atom stereocenters. The molecule has 0 atom stereocenters. The average molecular weight is 250 g/mol. The molecule has 2 amide bonds. The van der Waals surface area contributed by atoms with E-state index in [0.29, 0.717) is 11.4 Å². The number of hydrogen-bond donors (Lipinski definition) is 3. The molecule has 0 bridgehead atoms. The first-order valence-corrected chi connectivity index (χ1v) is 5.44. The van der Waals surface area contributed by atoms with Crippen LogP contribution in [0.3, 0.4) is 0 Å². The van der Waals surface area contributed by atoms with Gasteiger partial charge in [0.25, 0.3) is 0 Å². The Balaban J connectivity index is 3.45. The first-order chi connectivity index (χ1) is 8.43. The zero-order valence-electron chi connectivity index (χ0n) is 11.0. The molecule has 98 valence electrons. The Labute approximate surface area is 106 Å². The summed E-state index contributed by atoms with van der Waals surface area (Å²) >= 11 is 0. The summed E-state index contributed by atoms with van der Waals surface area (Å²) in [5.41, 5.74) is 7.65. The van der Waals surface area contributed by atoms with Crippen LogP contribution in [-0.4, -0.2) is 26.1 Å². The van der Waals surface area contributed by atoms with Crippen LogP contribution < -0.4 is 20.7 Å². The molecule has 18 heavy (non-hydrogen) atoms. The summed E-state index contributed by atoms with van der Waals surface area (Å²) < 4.78 is 5.21. The van der Waals surface area contributed by atoms with Crippen LogP contribution in [0.4, 0.5) is 10.5 Å². The number of methoxy groups -OCH3 is 1. The molecule has 0 fully saturated rings. The van der Waals surface area contributed by atoms with Crippen molar-refractivity contribution < 1.29 is 9.53 Å². The normalized spacial score (nSPS) is 9.78. The van der Waals surface area contributed by atoms with E-state index >= 15 is 0 Å². The molecular weight excluding hydrogens is 232 g/mol. The van der Waals surface area contributed by atoms with Crippen LogP contribution in [0.1, 0.15) is 11.1 Å². The summed E-state index contributed by atoms with van der Waals surface area (Å²) in [6.45, 7) is 3.67. The zero-order valence-corrected chi connectivity index (χ0v) is 11.0. The highest BCUT2D eigenvalue weighted by atomic mass is 16.5. The summed E-state index contributed by atoms with van der Waals surface area (Å²) in [6.07, 6.45) is 0. The topological polar surface area (TPSA) is 91.4 Å². The van der Waals surface area contributed by atoms with E-state index in [0.717, 1.165) is 16.0 Å². The molecule has 0 heterocycles. The Morgan fingerprint density at radius 3 is 2.50 bits per heavy atom. The minimum atomic E-state index is -0.457. The number of ether oxygens (including phenoxy) is 1. The molecule has 0 aliphatic rings. The van der Waals surface area contributed by atoms with E-state index in [1.54, 1.807) is 7.11 Å². The maximum atomic E-state index is 11.8. The van der Waals surface area contributed by atoms with Crippen molar-refractivity contribution in [2.24, 2.45) is 5.73 Å². The first kappa shape index (κ1) is 13.8. The predicted octanol–water partition coefficient (Wildman–Crippen LogP) is 1.35. The molecule has 0 aromatic heterocycles. The number of carbonyl (C=O) groups excluding carboxylic acids is 1. The Kier molecular flexibility index (Phi) is 4.14. The van der Waals surface area contributed by atoms with Gasteiger partial charge in [0, 0.05) is 12.6 Å². The van der Waals surface area contributed by atoms with Gasteiger partial charge < -0.3 is 15.8 Å². The highest BCUT2D eigenvalue weighted by Gasteiger charge is 2.22. The summed E-state index contributed by atoms with van der Waals surface area (Å²) in [6, 6.07) is 3.18. The van der Waals surface area contributed by atoms with Crippen molar-refractivity contribution in [3.8, 4) is 5.75 Å². The van der Waals surface area contributed by atoms with E-state index < -0.39 is 6.03 Å². The fraction of sp³-hybridized carbons (Fsp3) is 0.333. The van der Waals surface area contributed by atoms with E-state index in [1.165, 1.54) is 7.05 Å². The Morgan fingerprint density at radius 2 is 2.06 bits per heavy atom. The number of rotatable bonds is 2. The third-order valence-corrected chi connectivity index (χ3v) is 2.68. The zero-order chi connectivity index (χ0) is 13.9. The molecule has 6 heteroatoms. The molecule has 0 saturated carbocycles. The van der Waals surface area contributed by atoms with Crippen LogP contribution in [0.2, 0.25) is 0 Å². The molecular formula is C12H18N4O2. The van der Waals surface area contributed by atoms with Gasteiger partial charge in [-0.05, 0) is 25.5 Å². The molecule has 0 spiro atoms. The summed E-state index contributed by atoms with van der Waals surface area (Å²) in [5, 5.41) is 10.0. The minimum absolute atomic E-state index is 0.339. The summed E-state index contributed by atoms with van der Waals surface area (Å²) in [7, 11) is 3.04. The van der Waals surface area contributed by atoms with Crippen molar-refractivity contribution in [2.45, 2.75) is 13.8 Å². The number of urea groups is 1. The third-order valence-electron chi connectivity index (χ3n) is 2.68. The van der Waals surface area contributed by atoms with Crippen molar-refractivity contribution >= 4 is 17.7 Å². The third kappa shape index (κ3) is 2.37. The molecule has 0 aliphatic heterocycles. The number of hydrogen-bond acceptors (Lipinski definition) is 3. The van der Waals surface area contributed by atoms with Crippen LogP contribution in [0, 0.1) is 19.3 Å². The van der Waals surface area contributed by atoms with Gasteiger partial charge in [-0.2, -0.15) is 0 Å². The van der Waals surface area contributed by atoms with Crippen molar-refractivity contribution in [2.75, 3.05) is 19.1 Å². The lowest BCUT2D eigenvalue weighted by Crippen LogP contribution is -2.46. The van der Waals surface area contributed by atoms with Crippen molar-refractivity contribution in [1.29, 1.82) is 5.41 Å². The summed E-state index contributed by atoms with van der Waals surface area (Å²) in [4.78, 5) is 12.9. The van der Waals surface area contributed by atoms with Gasteiger partial charge in [-0.1, -0.05) is 6.07 Å². The standard InChI is InChI=1S/C12H18N4O2/c1-7-5-6-9(18-4)8(2)10(7)16(11(13)14)12(17)15-3/h5-6H,1-4H3,(H3,13,14)(H,15,17). The number of anilines is 1. The molecule has 0 aliphatic carbocycles. The van der Waals surface area contributed by atoms with Crippen molar-refractivity contribution in [3.63, 3.8) is 0 Å².